The van der Waals surface area contributed by atoms with E-state index in [0.717, 1.165) is 0 Å². The predicted octanol–water partition coefficient (Wildman–Crippen LogP) is 6.65. The molecule has 206 valence electrons. The molecule has 0 aliphatic heterocycles. The second kappa shape index (κ2) is 11.3. The van der Waals surface area contributed by atoms with Gasteiger partial charge in [0.25, 0.3) is 0 Å². The Morgan fingerprint density at radius 2 is 1.66 bits per heavy atom. The average molecular weight is 573 g/mol. The number of fused-ring (bicyclic) bond motifs is 1. The lowest BCUT2D eigenvalue weighted by Gasteiger charge is -2.27. The second-order valence-corrected chi connectivity index (χ2v) is 8.21. The Morgan fingerprint density at radius 1 is 0.974 bits per heavy atom. The molecule has 0 saturated heterocycles. The van der Waals surface area contributed by atoms with Gasteiger partial charge in [0.15, 0.2) is 6.61 Å². The number of alkyl halides is 8. The first-order valence-corrected chi connectivity index (χ1v) is 11.1. The minimum absolute atomic E-state index is 0.111. The van der Waals surface area contributed by atoms with Crippen LogP contribution in [-0.2, 0) is 23.7 Å². The van der Waals surface area contributed by atoms with Gasteiger partial charge in [-0.15, -0.1) is 29.3 Å². The largest absolute Gasteiger partial charge is 0.496 e. The van der Waals surface area contributed by atoms with Crippen LogP contribution < -0.4 is 0 Å². The van der Waals surface area contributed by atoms with Crippen LogP contribution in [0.5, 0.6) is 0 Å². The summed E-state index contributed by atoms with van der Waals surface area (Å²) in [6.45, 7) is 0.711. The van der Waals surface area contributed by atoms with Crippen LogP contribution in [-0.4, -0.2) is 48.1 Å². The van der Waals surface area contributed by atoms with Gasteiger partial charge in [0.2, 0.25) is 0 Å². The number of benzene rings is 1. The Bertz CT molecular complexity index is 1270. The highest BCUT2D eigenvalue weighted by atomic mass is 32.2. The highest BCUT2D eigenvalue weighted by molar-refractivity contribution is 7.99. The van der Waals surface area contributed by atoms with Gasteiger partial charge < -0.3 is 9.15 Å². The van der Waals surface area contributed by atoms with E-state index in [1.54, 1.807) is 24.4 Å². The molecular formula is C22H15F8NO6S. The molecule has 0 radical (unpaired) electrons. The summed E-state index contributed by atoms with van der Waals surface area (Å²) in [7, 11) is 0. The molecule has 0 spiro atoms. The Kier molecular flexibility index (Phi) is 8.70. The number of aromatic nitrogens is 1. The van der Waals surface area contributed by atoms with E-state index >= 15 is 0 Å². The molecule has 0 amide bonds. The van der Waals surface area contributed by atoms with Crippen molar-refractivity contribution in [1.82, 2.24) is 4.98 Å². The maximum absolute atomic E-state index is 14.0. The van der Waals surface area contributed by atoms with Gasteiger partial charge in [0, 0.05) is 34.3 Å². The third-order valence-electron chi connectivity index (χ3n) is 4.17. The topological polar surface area (TPSA) is 80.0 Å². The Morgan fingerprint density at radius 3 is 2.29 bits per heavy atom. The second-order valence-electron chi connectivity index (χ2n) is 7.16. The minimum Gasteiger partial charge on any atom is -0.456 e. The molecule has 38 heavy (non-hydrogen) atoms. The lowest BCUT2D eigenvalue weighted by Crippen LogP contribution is -2.46. The SMILES string of the molecule is C=CC(=O)OCC(F)(F)OC(F)(F)OC(F)(F)OC(F)(F)CSc1ccc2cc(-c3cccnc3)oc2c1. The number of halogens is 8. The highest BCUT2D eigenvalue weighted by Gasteiger charge is 2.56. The van der Waals surface area contributed by atoms with Gasteiger partial charge in [-0.1, -0.05) is 6.58 Å². The van der Waals surface area contributed by atoms with Gasteiger partial charge in [-0.2, -0.15) is 17.6 Å². The number of esters is 1. The molecule has 1 aromatic carbocycles. The lowest BCUT2D eigenvalue weighted by molar-refractivity contribution is -0.572. The zero-order chi connectivity index (χ0) is 28.2. The van der Waals surface area contributed by atoms with E-state index in [1.165, 1.54) is 24.4 Å². The van der Waals surface area contributed by atoms with Crippen LogP contribution in [0.2, 0.25) is 0 Å². The van der Waals surface area contributed by atoms with Crippen LogP contribution in [0.15, 0.2) is 70.8 Å². The molecule has 0 fully saturated rings. The molecule has 0 atom stereocenters. The van der Waals surface area contributed by atoms with Gasteiger partial charge in [0.05, 0.1) is 5.75 Å². The first kappa shape index (κ1) is 29.3. The van der Waals surface area contributed by atoms with Crippen LogP contribution >= 0.6 is 11.8 Å². The van der Waals surface area contributed by atoms with E-state index < -0.39 is 43.1 Å². The number of hydrogen-bond donors (Lipinski definition) is 0. The summed E-state index contributed by atoms with van der Waals surface area (Å²) in [6, 6.07) is 9.23. The number of ether oxygens (including phenoxy) is 4. The third-order valence-corrected chi connectivity index (χ3v) is 5.24. The molecule has 0 aliphatic carbocycles. The van der Waals surface area contributed by atoms with Crippen molar-refractivity contribution < 1.29 is 63.3 Å². The van der Waals surface area contributed by atoms with E-state index in [9.17, 15) is 39.9 Å². The summed E-state index contributed by atoms with van der Waals surface area (Å²) >= 11 is 0.296. The van der Waals surface area contributed by atoms with Gasteiger partial charge in [-0.3, -0.25) is 4.98 Å². The van der Waals surface area contributed by atoms with Crippen LogP contribution in [0.25, 0.3) is 22.3 Å². The molecule has 7 nitrogen and oxygen atoms in total. The van der Waals surface area contributed by atoms with Crippen LogP contribution in [0.1, 0.15) is 0 Å². The molecule has 0 unspecified atom stereocenters. The molecule has 3 rings (SSSR count). The number of rotatable bonds is 13. The molecule has 0 aliphatic rings. The molecule has 0 bridgehead atoms. The fraction of sp³-hybridized carbons (Fsp3) is 0.273. The molecular weight excluding hydrogens is 558 g/mol. The highest BCUT2D eigenvalue weighted by Crippen LogP contribution is 2.39. The standard InChI is InChI=1S/C22H15F8NO6S/c1-2-18(32)33-11-19(23,24)35-21(27,28)37-22(29,30)36-20(25,26)12-38-15-6-5-13-8-16(34-17(13)9-15)14-4-3-7-31-10-14/h2-10H,1,11-12H2. The summed E-state index contributed by atoms with van der Waals surface area (Å²) in [6.07, 6.45) is -18.0. The van der Waals surface area contributed by atoms with Gasteiger partial charge >= 0.3 is 30.8 Å². The van der Waals surface area contributed by atoms with Crippen molar-refractivity contribution in [1.29, 1.82) is 0 Å². The summed E-state index contributed by atoms with van der Waals surface area (Å²) in [5, 5.41) is 0.592. The molecule has 3 aromatic rings. The summed E-state index contributed by atoms with van der Waals surface area (Å²) < 4.78 is 126. The third kappa shape index (κ3) is 8.68. The number of hydrogen-bond acceptors (Lipinski definition) is 8. The minimum atomic E-state index is -5.84. The summed E-state index contributed by atoms with van der Waals surface area (Å²) in [5.41, 5.74) is 0.902. The summed E-state index contributed by atoms with van der Waals surface area (Å²) in [4.78, 5) is 14.8. The van der Waals surface area contributed by atoms with E-state index in [4.69, 9.17) is 4.42 Å². The van der Waals surface area contributed by atoms with Gasteiger partial charge in [-0.05, 0) is 36.4 Å². The maximum Gasteiger partial charge on any atom is 0.496 e. The zero-order valence-electron chi connectivity index (χ0n) is 18.6. The fourth-order valence-electron chi connectivity index (χ4n) is 2.72. The van der Waals surface area contributed by atoms with Crippen molar-refractivity contribution in [3.8, 4) is 11.3 Å². The van der Waals surface area contributed by atoms with Crippen molar-refractivity contribution >= 4 is 28.7 Å². The van der Waals surface area contributed by atoms with Gasteiger partial charge in [-0.25, -0.2) is 19.0 Å². The fourth-order valence-corrected chi connectivity index (χ4v) is 3.47. The van der Waals surface area contributed by atoms with E-state index in [-0.39, 0.29) is 10.5 Å². The van der Waals surface area contributed by atoms with Crippen molar-refractivity contribution in [3.05, 3.63) is 61.4 Å². The van der Waals surface area contributed by atoms with Crippen molar-refractivity contribution in [2.45, 2.75) is 29.7 Å². The Balaban J connectivity index is 1.59. The number of carbonyl (C=O) groups excluding carboxylic acids is 1. The number of nitrogens with zero attached hydrogens (tertiary/aromatic N) is 1. The number of carbonyl (C=O) groups is 1. The van der Waals surface area contributed by atoms with Crippen molar-refractivity contribution in [2.24, 2.45) is 0 Å². The first-order valence-electron chi connectivity index (χ1n) is 10.1. The van der Waals surface area contributed by atoms with E-state index in [2.05, 4.69) is 30.5 Å². The van der Waals surface area contributed by atoms with E-state index in [1.807, 2.05) is 0 Å². The van der Waals surface area contributed by atoms with Crippen molar-refractivity contribution in [2.75, 3.05) is 12.4 Å². The molecule has 16 heteroatoms. The summed E-state index contributed by atoms with van der Waals surface area (Å²) in [5.74, 6) is -2.56. The van der Waals surface area contributed by atoms with Crippen LogP contribution in [0, 0.1) is 0 Å². The monoisotopic (exact) mass is 573 g/mol. The van der Waals surface area contributed by atoms with Crippen molar-refractivity contribution in [3.63, 3.8) is 0 Å². The number of pyridine rings is 1. The van der Waals surface area contributed by atoms with Gasteiger partial charge in [0.1, 0.15) is 11.3 Å². The number of thioether (sulfide) groups is 1. The van der Waals surface area contributed by atoms with Crippen LogP contribution in [0.4, 0.5) is 35.1 Å². The molecule has 2 heterocycles. The Hall–Kier alpha value is -3.21. The average Bonchev–Trinajstić information content (AvgIpc) is 3.23. The molecule has 0 N–H and O–H groups in total. The zero-order valence-corrected chi connectivity index (χ0v) is 19.5. The molecule has 0 saturated carbocycles. The number of furan rings is 1. The quantitative estimate of drug-likeness (QED) is 0.0740. The van der Waals surface area contributed by atoms with Crippen LogP contribution in [0.3, 0.4) is 0 Å². The normalized spacial score (nSPS) is 13.1. The van der Waals surface area contributed by atoms with E-state index in [0.29, 0.717) is 34.5 Å². The first-order chi connectivity index (χ1) is 17.6. The lowest BCUT2D eigenvalue weighted by atomic mass is 10.2. The Labute approximate surface area is 212 Å². The predicted molar refractivity (Wildman–Crippen MR) is 114 cm³/mol. The molecule has 2 aromatic heterocycles. The maximum atomic E-state index is 14.0. The smallest absolute Gasteiger partial charge is 0.456 e.